The van der Waals surface area contributed by atoms with Crippen LogP contribution in [0.5, 0.6) is 0 Å². The van der Waals surface area contributed by atoms with Crippen LogP contribution in [0, 0.1) is 0 Å². The smallest absolute Gasteiger partial charge is 0.399 e. The molecule has 0 aliphatic carbocycles. The molecule has 128 valence electrons. The molecule has 0 unspecified atom stereocenters. The van der Waals surface area contributed by atoms with Gasteiger partial charge in [-0.3, -0.25) is 0 Å². The molecule has 2 aliphatic rings. The molecule has 2 fully saturated rings. The highest BCUT2D eigenvalue weighted by atomic mass is 32.2. The summed E-state index contributed by atoms with van der Waals surface area (Å²) >= 11 is 1.25. The van der Waals surface area contributed by atoms with Crippen LogP contribution >= 0.6 is 11.3 Å². The van der Waals surface area contributed by atoms with E-state index in [4.69, 9.17) is 9.31 Å². The summed E-state index contributed by atoms with van der Waals surface area (Å²) in [6.45, 7) is 10.5. The maximum Gasteiger partial charge on any atom is 0.505 e. The van der Waals surface area contributed by atoms with E-state index in [9.17, 15) is 8.42 Å². The Morgan fingerprint density at radius 2 is 1.83 bits per heavy atom. The molecule has 3 rings (SSSR count). The first-order valence-electron chi connectivity index (χ1n) is 8.02. The van der Waals surface area contributed by atoms with Crippen molar-refractivity contribution in [1.29, 1.82) is 0 Å². The lowest BCUT2D eigenvalue weighted by Gasteiger charge is -2.32. The van der Waals surface area contributed by atoms with Crippen molar-refractivity contribution in [3.63, 3.8) is 0 Å². The van der Waals surface area contributed by atoms with Gasteiger partial charge in [0, 0.05) is 17.4 Å². The van der Waals surface area contributed by atoms with E-state index in [-0.39, 0.29) is 6.04 Å². The van der Waals surface area contributed by atoms with Crippen LogP contribution in [0.25, 0.3) is 0 Å². The van der Waals surface area contributed by atoms with Crippen LogP contribution < -0.4 is 4.78 Å². The van der Waals surface area contributed by atoms with Gasteiger partial charge in [-0.2, -0.15) is 4.31 Å². The molecule has 0 aromatic carbocycles. The van der Waals surface area contributed by atoms with E-state index in [0.29, 0.717) is 10.8 Å². The average molecular weight is 357 g/mol. The predicted molar refractivity (Wildman–Crippen MR) is 92.6 cm³/mol. The number of hydrogen-bond donors (Lipinski definition) is 0. The molecule has 1 aromatic heterocycles. The van der Waals surface area contributed by atoms with E-state index in [1.807, 2.05) is 34.6 Å². The fraction of sp³-hybridized carbons (Fsp3) is 0.733. The number of nitrogens with zero attached hydrogens (tertiary/aromatic N) is 1. The second kappa shape index (κ2) is 5.56. The quantitative estimate of drug-likeness (QED) is 0.779. The number of sulfonamides is 1. The second-order valence-electron chi connectivity index (χ2n) is 7.35. The summed E-state index contributed by atoms with van der Waals surface area (Å²) in [5.74, 6) is 0. The first kappa shape index (κ1) is 17.4. The normalized spacial score (nSPS) is 27.7. The molecule has 3 heterocycles. The molecule has 1 aromatic rings. The lowest BCUT2D eigenvalue weighted by Crippen LogP contribution is -2.41. The maximum absolute atomic E-state index is 12.8. The van der Waals surface area contributed by atoms with Gasteiger partial charge in [-0.1, -0.05) is 6.07 Å². The Morgan fingerprint density at radius 3 is 2.35 bits per heavy atom. The molecule has 0 N–H and O–H groups in total. The zero-order chi connectivity index (χ0) is 17.0. The van der Waals surface area contributed by atoms with Gasteiger partial charge in [-0.25, -0.2) is 8.42 Å². The van der Waals surface area contributed by atoms with E-state index in [2.05, 4.69) is 0 Å². The highest BCUT2D eigenvalue weighted by Crippen LogP contribution is 2.37. The van der Waals surface area contributed by atoms with Crippen LogP contribution in [0.15, 0.2) is 16.3 Å². The van der Waals surface area contributed by atoms with E-state index in [1.165, 1.54) is 11.3 Å². The zero-order valence-corrected chi connectivity index (χ0v) is 16.0. The summed E-state index contributed by atoms with van der Waals surface area (Å²) in [6, 6.07) is 3.55. The lowest BCUT2D eigenvalue weighted by atomic mass is 9.88. The molecule has 5 nitrogen and oxygen atoms in total. The molecular formula is C15H24BNO4S2. The van der Waals surface area contributed by atoms with Crippen LogP contribution in [0.2, 0.25) is 0 Å². The fourth-order valence-corrected chi connectivity index (χ4v) is 6.05. The van der Waals surface area contributed by atoms with Crippen molar-refractivity contribution in [2.24, 2.45) is 0 Å². The van der Waals surface area contributed by atoms with E-state index in [0.717, 1.165) is 17.6 Å². The molecule has 8 heteroatoms. The largest absolute Gasteiger partial charge is 0.505 e. The maximum atomic E-state index is 12.8. The van der Waals surface area contributed by atoms with Gasteiger partial charge in [0.05, 0.1) is 11.2 Å². The summed E-state index contributed by atoms with van der Waals surface area (Å²) < 4.78 is 40.3. The molecular weight excluding hydrogens is 333 g/mol. The third-order valence-corrected chi connectivity index (χ3v) is 8.73. The van der Waals surface area contributed by atoms with E-state index >= 15 is 0 Å². The van der Waals surface area contributed by atoms with Crippen molar-refractivity contribution in [3.05, 3.63) is 12.1 Å². The SMILES string of the molecule is C[C@@H]1CCCN1S(=O)(=O)c1ccc(B2OC(C)(C)C(C)(C)O2)s1. The fourth-order valence-electron chi connectivity index (χ4n) is 2.94. The van der Waals surface area contributed by atoms with E-state index in [1.54, 1.807) is 16.4 Å². The second-order valence-corrected chi connectivity index (χ2v) is 10.6. The van der Waals surface area contributed by atoms with Crippen LogP contribution in [0.1, 0.15) is 47.5 Å². The van der Waals surface area contributed by atoms with Gasteiger partial charge in [-0.15, -0.1) is 11.3 Å². The van der Waals surface area contributed by atoms with Crippen LogP contribution in [0.4, 0.5) is 0 Å². The standard InChI is InChI=1S/C15H24BNO4S2/c1-11-7-6-10-17(11)23(18,19)13-9-8-12(22-13)16-20-14(2,3)15(4,5)21-16/h8-9,11H,6-7,10H2,1-5H3/t11-/m1/s1. The molecule has 1 atom stereocenters. The zero-order valence-electron chi connectivity index (χ0n) is 14.3. The third kappa shape index (κ3) is 2.89. The summed E-state index contributed by atoms with van der Waals surface area (Å²) in [6.07, 6.45) is 1.85. The number of rotatable bonds is 3. The molecule has 0 spiro atoms. The Labute approximate surface area is 143 Å². The van der Waals surface area contributed by atoms with Crippen molar-refractivity contribution in [2.45, 2.75) is 68.9 Å². The molecule has 0 radical (unpaired) electrons. The van der Waals surface area contributed by atoms with Gasteiger partial charge in [-0.05, 0) is 53.5 Å². The first-order chi connectivity index (χ1) is 10.5. The summed E-state index contributed by atoms with van der Waals surface area (Å²) in [5, 5.41) is 0. The van der Waals surface area contributed by atoms with Gasteiger partial charge in [0.25, 0.3) is 10.0 Å². The summed E-state index contributed by atoms with van der Waals surface area (Å²) in [4.78, 5) is 0. The average Bonchev–Trinajstić information content (AvgIpc) is 3.09. The van der Waals surface area contributed by atoms with Crippen LogP contribution in [-0.4, -0.2) is 43.6 Å². The summed E-state index contributed by atoms with van der Waals surface area (Å²) in [7, 11) is -3.92. The van der Waals surface area contributed by atoms with Gasteiger partial charge in [0.2, 0.25) is 0 Å². The highest BCUT2D eigenvalue weighted by Gasteiger charge is 2.52. The Bertz CT molecular complexity index is 682. The number of hydrogen-bond acceptors (Lipinski definition) is 5. The third-order valence-electron chi connectivity index (χ3n) is 5.14. The van der Waals surface area contributed by atoms with Crippen molar-refractivity contribution in [3.8, 4) is 0 Å². The van der Waals surface area contributed by atoms with Crippen molar-refractivity contribution < 1.29 is 17.7 Å². The topological polar surface area (TPSA) is 55.8 Å². The first-order valence-corrected chi connectivity index (χ1v) is 10.3. The van der Waals surface area contributed by atoms with Crippen molar-refractivity contribution >= 4 is 33.3 Å². The molecule has 2 saturated heterocycles. The molecule has 0 amide bonds. The molecule has 0 saturated carbocycles. The van der Waals surface area contributed by atoms with Gasteiger partial charge < -0.3 is 9.31 Å². The molecule has 2 aliphatic heterocycles. The molecule has 23 heavy (non-hydrogen) atoms. The van der Waals surface area contributed by atoms with Crippen molar-refractivity contribution in [1.82, 2.24) is 4.31 Å². The number of thiophene rings is 1. The Kier molecular flexibility index (Phi) is 4.21. The minimum Gasteiger partial charge on any atom is -0.399 e. The Hall–Kier alpha value is -0.405. The minimum absolute atomic E-state index is 0.0717. The highest BCUT2D eigenvalue weighted by molar-refractivity contribution is 7.91. The van der Waals surface area contributed by atoms with E-state index < -0.39 is 28.3 Å². The monoisotopic (exact) mass is 357 g/mol. The predicted octanol–water partition coefficient (Wildman–Crippen LogP) is 2.22. The van der Waals surface area contributed by atoms with Crippen molar-refractivity contribution in [2.75, 3.05) is 6.54 Å². The Balaban J connectivity index is 1.85. The van der Waals surface area contributed by atoms with Gasteiger partial charge >= 0.3 is 7.12 Å². The lowest BCUT2D eigenvalue weighted by molar-refractivity contribution is 0.00578. The van der Waals surface area contributed by atoms with Crippen LogP contribution in [0.3, 0.4) is 0 Å². The summed E-state index contributed by atoms with van der Waals surface area (Å²) in [5.41, 5.74) is -0.853. The van der Waals surface area contributed by atoms with Gasteiger partial charge in [0.1, 0.15) is 4.21 Å². The van der Waals surface area contributed by atoms with Gasteiger partial charge in [0.15, 0.2) is 0 Å². The molecule has 0 bridgehead atoms. The minimum atomic E-state index is -3.41. The Morgan fingerprint density at radius 1 is 1.22 bits per heavy atom. The van der Waals surface area contributed by atoms with Crippen LogP contribution in [-0.2, 0) is 19.3 Å².